The number of nitrogens with zero attached hydrogens (tertiary/aromatic N) is 3. The van der Waals surface area contributed by atoms with Gasteiger partial charge in [-0.25, -0.2) is 9.78 Å². The van der Waals surface area contributed by atoms with E-state index in [-0.39, 0.29) is 30.7 Å². The van der Waals surface area contributed by atoms with Crippen LogP contribution in [0.1, 0.15) is 34.5 Å². The molecule has 1 atom stereocenters. The molecule has 0 spiro atoms. The van der Waals surface area contributed by atoms with Gasteiger partial charge in [-0.15, -0.1) is 0 Å². The van der Waals surface area contributed by atoms with E-state index in [0.29, 0.717) is 24.6 Å². The van der Waals surface area contributed by atoms with Crippen LogP contribution in [0.4, 0.5) is 29.5 Å². The zero-order chi connectivity index (χ0) is 25.7. The molecule has 0 aliphatic carbocycles. The van der Waals surface area contributed by atoms with E-state index in [1.54, 1.807) is 18.3 Å². The Morgan fingerprint density at radius 2 is 1.58 bits per heavy atom. The third-order valence-electron chi connectivity index (χ3n) is 6.01. The van der Waals surface area contributed by atoms with Crippen LogP contribution in [0, 0.1) is 0 Å². The Balaban J connectivity index is 1.31. The van der Waals surface area contributed by atoms with Gasteiger partial charge in [0, 0.05) is 26.2 Å². The van der Waals surface area contributed by atoms with E-state index >= 15 is 0 Å². The predicted octanol–water partition coefficient (Wildman–Crippen LogP) is 4.95. The molecule has 2 aromatic carbocycles. The zero-order valence-corrected chi connectivity index (χ0v) is 19.6. The first-order valence-corrected chi connectivity index (χ1v) is 11.5. The van der Waals surface area contributed by atoms with Gasteiger partial charge in [-0.1, -0.05) is 42.5 Å². The number of carbonyl (C=O) groups is 2. The van der Waals surface area contributed by atoms with Crippen LogP contribution in [0.5, 0.6) is 0 Å². The van der Waals surface area contributed by atoms with Crippen molar-refractivity contribution in [1.29, 1.82) is 0 Å². The lowest BCUT2D eigenvalue weighted by Gasteiger charge is -2.35. The minimum Gasteiger partial charge on any atom is -0.353 e. The fourth-order valence-electron chi connectivity index (χ4n) is 4.06. The molecule has 1 saturated heterocycles. The normalized spacial score (nSPS) is 14.8. The van der Waals surface area contributed by atoms with Crippen molar-refractivity contribution in [1.82, 2.24) is 15.2 Å². The summed E-state index contributed by atoms with van der Waals surface area (Å²) in [4.78, 5) is 32.9. The molecular formula is C26H26F3N5O2. The van der Waals surface area contributed by atoms with Gasteiger partial charge in [-0.3, -0.25) is 4.79 Å². The SMILES string of the molecule is CC(NC(=O)Nc1ccc(N2CCN(C(=O)c3ccccc3C(F)(F)F)CC2)nc1)c1ccccc1. The van der Waals surface area contributed by atoms with Crippen molar-refractivity contribution in [2.24, 2.45) is 0 Å². The van der Waals surface area contributed by atoms with Crippen molar-refractivity contribution in [3.05, 3.63) is 89.6 Å². The minimum atomic E-state index is -4.59. The fourth-order valence-corrected chi connectivity index (χ4v) is 4.06. The van der Waals surface area contributed by atoms with E-state index in [2.05, 4.69) is 15.6 Å². The van der Waals surface area contributed by atoms with E-state index in [9.17, 15) is 22.8 Å². The zero-order valence-electron chi connectivity index (χ0n) is 19.6. The summed E-state index contributed by atoms with van der Waals surface area (Å²) in [6.45, 7) is 3.28. The van der Waals surface area contributed by atoms with Crippen LogP contribution < -0.4 is 15.5 Å². The summed E-state index contributed by atoms with van der Waals surface area (Å²) >= 11 is 0. The van der Waals surface area contributed by atoms with E-state index in [0.717, 1.165) is 11.6 Å². The number of amides is 3. The maximum absolute atomic E-state index is 13.3. The number of nitrogens with one attached hydrogen (secondary N) is 2. The lowest BCUT2D eigenvalue weighted by Crippen LogP contribution is -2.49. The quantitative estimate of drug-likeness (QED) is 0.523. The second-order valence-corrected chi connectivity index (χ2v) is 8.46. The van der Waals surface area contributed by atoms with Gasteiger partial charge in [0.2, 0.25) is 0 Å². The van der Waals surface area contributed by atoms with Gasteiger partial charge in [0.1, 0.15) is 5.82 Å². The number of alkyl halides is 3. The Morgan fingerprint density at radius 3 is 2.22 bits per heavy atom. The fraction of sp³-hybridized carbons (Fsp3) is 0.269. The van der Waals surface area contributed by atoms with E-state index in [1.165, 1.54) is 23.1 Å². The lowest BCUT2D eigenvalue weighted by atomic mass is 10.1. The maximum atomic E-state index is 13.3. The Bertz CT molecular complexity index is 1190. The number of piperazine rings is 1. The van der Waals surface area contributed by atoms with E-state index in [4.69, 9.17) is 0 Å². The van der Waals surface area contributed by atoms with Crippen molar-refractivity contribution in [2.75, 3.05) is 36.4 Å². The highest BCUT2D eigenvalue weighted by Gasteiger charge is 2.36. The van der Waals surface area contributed by atoms with Gasteiger partial charge in [0.05, 0.1) is 29.1 Å². The third kappa shape index (κ3) is 5.94. The summed E-state index contributed by atoms with van der Waals surface area (Å²) in [5, 5.41) is 5.62. The Hall–Kier alpha value is -4.08. The molecule has 4 rings (SSSR count). The third-order valence-corrected chi connectivity index (χ3v) is 6.01. The van der Waals surface area contributed by atoms with Gasteiger partial charge >= 0.3 is 12.2 Å². The highest BCUT2D eigenvalue weighted by molar-refractivity contribution is 5.96. The molecule has 0 radical (unpaired) electrons. The van der Waals surface area contributed by atoms with Crippen LogP contribution in [0.25, 0.3) is 0 Å². The molecule has 2 heterocycles. The number of pyridine rings is 1. The first-order chi connectivity index (χ1) is 17.2. The average molecular weight is 498 g/mol. The molecule has 0 saturated carbocycles. The molecular weight excluding hydrogens is 471 g/mol. The van der Waals surface area contributed by atoms with Crippen molar-refractivity contribution < 1.29 is 22.8 Å². The van der Waals surface area contributed by atoms with Crippen LogP contribution in [0.3, 0.4) is 0 Å². The molecule has 2 N–H and O–H groups in total. The molecule has 1 unspecified atom stereocenters. The molecule has 3 amide bonds. The van der Waals surface area contributed by atoms with Crippen LogP contribution >= 0.6 is 0 Å². The number of rotatable bonds is 5. The smallest absolute Gasteiger partial charge is 0.353 e. The number of anilines is 2. The van der Waals surface area contributed by atoms with Gasteiger partial charge in [0.25, 0.3) is 5.91 Å². The summed E-state index contributed by atoms with van der Waals surface area (Å²) in [6.07, 6.45) is -3.05. The Labute approximate surface area is 206 Å². The molecule has 1 aliphatic rings. The number of hydrogen-bond acceptors (Lipinski definition) is 4. The largest absolute Gasteiger partial charge is 0.417 e. The molecule has 10 heteroatoms. The number of aromatic nitrogens is 1. The molecule has 36 heavy (non-hydrogen) atoms. The monoisotopic (exact) mass is 497 g/mol. The number of hydrogen-bond donors (Lipinski definition) is 2. The number of benzene rings is 2. The van der Waals surface area contributed by atoms with Crippen LogP contribution in [0.2, 0.25) is 0 Å². The van der Waals surface area contributed by atoms with Gasteiger partial charge in [-0.05, 0) is 36.8 Å². The van der Waals surface area contributed by atoms with E-state index in [1.807, 2.05) is 42.2 Å². The van der Waals surface area contributed by atoms with Crippen LogP contribution in [-0.4, -0.2) is 48.0 Å². The summed E-state index contributed by atoms with van der Waals surface area (Å²) in [6, 6.07) is 17.4. The van der Waals surface area contributed by atoms with E-state index < -0.39 is 17.6 Å². The average Bonchev–Trinajstić information content (AvgIpc) is 2.89. The Morgan fingerprint density at radius 1 is 0.917 bits per heavy atom. The second-order valence-electron chi connectivity index (χ2n) is 8.46. The molecule has 1 fully saturated rings. The van der Waals surface area contributed by atoms with Gasteiger partial charge in [-0.2, -0.15) is 13.2 Å². The first-order valence-electron chi connectivity index (χ1n) is 11.5. The summed E-state index contributed by atoms with van der Waals surface area (Å²) < 4.78 is 39.9. The van der Waals surface area contributed by atoms with Crippen LogP contribution in [0.15, 0.2) is 72.9 Å². The second kappa shape index (κ2) is 10.7. The van der Waals surface area contributed by atoms with Gasteiger partial charge < -0.3 is 20.4 Å². The van der Waals surface area contributed by atoms with Crippen molar-refractivity contribution in [3.8, 4) is 0 Å². The van der Waals surface area contributed by atoms with Crippen molar-refractivity contribution >= 4 is 23.4 Å². The van der Waals surface area contributed by atoms with Crippen molar-refractivity contribution in [2.45, 2.75) is 19.1 Å². The van der Waals surface area contributed by atoms with Crippen LogP contribution in [-0.2, 0) is 6.18 Å². The number of carbonyl (C=O) groups excluding carboxylic acids is 2. The Kier molecular flexibility index (Phi) is 7.42. The maximum Gasteiger partial charge on any atom is 0.417 e. The molecule has 0 bridgehead atoms. The molecule has 1 aliphatic heterocycles. The highest BCUT2D eigenvalue weighted by Crippen LogP contribution is 2.32. The van der Waals surface area contributed by atoms with Gasteiger partial charge in [0.15, 0.2) is 0 Å². The molecule has 188 valence electrons. The first kappa shape index (κ1) is 25.0. The molecule has 1 aromatic heterocycles. The minimum absolute atomic E-state index is 0.166. The standard InChI is InChI=1S/C26H26F3N5O2/c1-18(19-7-3-2-4-8-19)31-25(36)32-20-11-12-23(30-17-20)33-13-15-34(16-14-33)24(35)21-9-5-6-10-22(21)26(27,28)29/h2-12,17-18H,13-16H2,1H3,(H2,31,32,36). The summed E-state index contributed by atoms with van der Waals surface area (Å²) in [5.41, 5.74) is 0.242. The highest BCUT2D eigenvalue weighted by atomic mass is 19.4. The van der Waals surface area contributed by atoms with Crippen molar-refractivity contribution in [3.63, 3.8) is 0 Å². The number of halogens is 3. The lowest BCUT2D eigenvalue weighted by molar-refractivity contribution is -0.138. The summed E-state index contributed by atoms with van der Waals surface area (Å²) in [5.74, 6) is 0.0206. The summed E-state index contributed by atoms with van der Waals surface area (Å²) in [7, 11) is 0. The molecule has 3 aromatic rings. The predicted molar refractivity (Wildman–Crippen MR) is 131 cm³/mol. The molecule has 7 nitrogen and oxygen atoms in total. The number of urea groups is 1. The topological polar surface area (TPSA) is 77.6 Å².